The lowest BCUT2D eigenvalue weighted by molar-refractivity contribution is -0.384. The Bertz CT molecular complexity index is 847. The number of non-ortho nitro benzene ring substituents is 1. The molecule has 1 N–H and O–H groups in total. The summed E-state index contributed by atoms with van der Waals surface area (Å²) in [5.74, 6) is -0.317. The topological polar surface area (TPSA) is 116 Å². The zero-order valence-corrected chi connectivity index (χ0v) is 13.9. The summed E-state index contributed by atoms with van der Waals surface area (Å²) in [5.41, 5.74) is -0.297. The quantitative estimate of drug-likeness (QED) is 0.607. The summed E-state index contributed by atoms with van der Waals surface area (Å²) < 4.78 is 6.33. The van der Waals surface area contributed by atoms with Gasteiger partial charge in [0.15, 0.2) is 0 Å². The second-order valence-electron chi connectivity index (χ2n) is 5.23. The number of aryl methyl sites for hydroxylation is 1. The van der Waals surface area contributed by atoms with E-state index in [0.717, 1.165) is 12.8 Å². The van der Waals surface area contributed by atoms with Crippen LogP contribution in [-0.2, 0) is 6.54 Å². The zero-order valence-electron chi connectivity index (χ0n) is 13.9. The number of anilines is 1. The number of amides is 1. The molecule has 1 amide bonds. The van der Waals surface area contributed by atoms with Crippen LogP contribution >= 0.6 is 0 Å². The minimum absolute atomic E-state index is 0.0317. The van der Waals surface area contributed by atoms with E-state index in [1.807, 2.05) is 6.92 Å². The van der Waals surface area contributed by atoms with Crippen LogP contribution in [-0.4, -0.2) is 27.7 Å². The number of rotatable bonds is 7. The molecule has 1 aromatic carbocycles. The van der Waals surface area contributed by atoms with Crippen molar-refractivity contribution in [3.63, 3.8) is 0 Å². The molecule has 9 nitrogen and oxygen atoms in total. The molecule has 1 aromatic heterocycles. The first kappa shape index (κ1) is 18.1. The molecule has 2 aromatic rings. The normalized spacial score (nSPS) is 10.3. The number of methoxy groups -OCH3 is 1. The Kier molecular flexibility index (Phi) is 5.83. The van der Waals surface area contributed by atoms with Crippen LogP contribution in [0.3, 0.4) is 0 Å². The minimum Gasteiger partial charge on any atom is -0.495 e. The van der Waals surface area contributed by atoms with E-state index < -0.39 is 10.8 Å². The van der Waals surface area contributed by atoms with Crippen LogP contribution in [0.4, 0.5) is 11.4 Å². The Morgan fingerprint density at radius 1 is 1.36 bits per heavy atom. The van der Waals surface area contributed by atoms with Crippen LogP contribution in [0.1, 0.15) is 30.3 Å². The van der Waals surface area contributed by atoms with Gasteiger partial charge in [0.05, 0.1) is 17.7 Å². The van der Waals surface area contributed by atoms with Gasteiger partial charge in [0, 0.05) is 24.7 Å². The lowest BCUT2D eigenvalue weighted by Crippen LogP contribution is -2.26. The molecule has 0 bridgehead atoms. The fourth-order valence-electron chi connectivity index (χ4n) is 2.13. The molecule has 0 atom stereocenters. The second kappa shape index (κ2) is 8.04. The van der Waals surface area contributed by atoms with Gasteiger partial charge in [0.2, 0.25) is 0 Å². The first-order valence-electron chi connectivity index (χ1n) is 7.68. The number of nitro benzene ring substituents is 1. The molecule has 0 unspecified atom stereocenters. The predicted octanol–water partition coefficient (Wildman–Crippen LogP) is 2.21. The van der Waals surface area contributed by atoms with Crippen molar-refractivity contribution < 1.29 is 14.5 Å². The average molecular weight is 346 g/mol. The summed E-state index contributed by atoms with van der Waals surface area (Å²) in [6.45, 7) is 2.40. The molecule has 9 heteroatoms. The Labute approximate surface area is 143 Å². The highest BCUT2D eigenvalue weighted by atomic mass is 16.6. The van der Waals surface area contributed by atoms with E-state index in [1.165, 1.54) is 42.1 Å². The predicted molar refractivity (Wildman–Crippen MR) is 91.0 cm³/mol. The number of nitrogens with zero attached hydrogens (tertiary/aromatic N) is 3. The average Bonchev–Trinajstić information content (AvgIpc) is 2.60. The van der Waals surface area contributed by atoms with Crippen LogP contribution < -0.4 is 15.6 Å². The van der Waals surface area contributed by atoms with Crippen molar-refractivity contribution in [2.45, 2.75) is 26.3 Å². The second-order valence-corrected chi connectivity index (χ2v) is 5.23. The molecule has 132 valence electrons. The summed E-state index contributed by atoms with van der Waals surface area (Å²) in [6, 6.07) is 6.44. The fraction of sp³-hybridized carbons (Fsp3) is 0.312. The van der Waals surface area contributed by atoms with Crippen molar-refractivity contribution in [3.8, 4) is 5.75 Å². The third kappa shape index (κ3) is 4.40. The molecule has 2 rings (SSSR count). The zero-order chi connectivity index (χ0) is 18.4. The summed E-state index contributed by atoms with van der Waals surface area (Å²) in [7, 11) is 1.39. The summed E-state index contributed by atoms with van der Waals surface area (Å²) in [5, 5.41) is 17.5. The van der Waals surface area contributed by atoms with E-state index in [2.05, 4.69) is 10.4 Å². The molecule has 0 aliphatic rings. The van der Waals surface area contributed by atoms with Gasteiger partial charge in [-0.25, -0.2) is 4.68 Å². The van der Waals surface area contributed by atoms with Crippen molar-refractivity contribution in [2.75, 3.05) is 12.4 Å². The Morgan fingerprint density at radius 2 is 2.12 bits per heavy atom. The van der Waals surface area contributed by atoms with Crippen LogP contribution in [0.15, 0.2) is 35.1 Å². The Hall–Kier alpha value is -3.23. The van der Waals surface area contributed by atoms with Crippen LogP contribution in [0.5, 0.6) is 5.75 Å². The maximum atomic E-state index is 12.4. The highest BCUT2D eigenvalue weighted by Crippen LogP contribution is 2.29. The number of carbonyl (C=O) groups excluding carboxylic acids is 1. The smallest absolute Gasteiger partial charge is 0.276 e. The molecule has 25 heavy (non-hydrogen) atoms. The monoisotopic (exact) mass is 346 g/mol. The summed E-state index contributed by atoms with van der Waals surface area (Å²) in [6.07, 6.45) is 1.64. The minimum atomic E-state index is -0.593. The molecule has 0 radical (unpaired) electrons. The molecule has 0 spiro atoms. The van der Waals surface area contributed by atoms with E-state index in [4.69, 9.17) is 4.74 Å². The molecular formula is C16H18N4O5. The fourth-order valence-corrected chi connectivity index (χ4v) is 2.13. The number of aromatic nitrogens is 2. The highest BCUT2D eigenvalue weighted by molar-refractivity contribution is 6.03. The maximum absolute atomic E-state index is 12.4. The van der Waals surface area contributed by atoms with Gasteiger partial charge in [-0.1, -0.05) is 13.3 Å². The number of hydrogen-bond donors (Lipinski definition) is 1. The van der Waals surface area contributed by atoms with E-state index in [-0.39, 0.29) is 28.4 Å². The van der Waals surface area contributed by atoms with Crippen LogP contribution in [0.2, 0.25) is 0 Å². The van der Waals surface area contributed by atoms with Gasteiger partial charge in [-0.15, -0.1) is 0 Å². The third-order valence-corrected chi connectivity index (χ3v) is 3.46. The standard InChI is InChI=1S/C16H18N4O5/c1-3-4-9-19-15(21)8-6-12(18-19)16(22)17-13-10-11(20(23)24)5-7-14(13)25-2/h5-8,10H,3-4,9H2,1-2H3,(H,17,22). The van der Waals surface area contributed by atoms with Crippen molar-refractivity contribution >= 4 is 17.3 Å². The third-order valence-electron chi connectivity index (χ3n) is 3.46. The van der Waals surface area contributed by atoms with Crippen LogP contribution in [0, 0.1) is 10.1 Å². The molecular weight excluding hydrogens is 328 g/mol. The van der Waals surface area contributed by atoms with Gasteiger partial charge in [-0.3, -0.25) is 19.7 Å². The molecule has 1 heterocycles. The maximum Gasteiger partial charge on any atom is 0.276 e. The van der Waals surface area contributed by atoms with E-state index in [0.29, 0.717) is 6.54 Å². The molecule has 0 aliphatic carbocycles. The number of ether oxygens (including phenoxy) is 1. The van der Waals surface area contributed by atoms with Gasteiger partial charge in [-0.2, -0.15) is 5.10 Å². The largest absolute Gasteiger partial charge is 0.495 e. The first-order valence-corrected chi connectivity index (χ1v) is 7.68. The van der Waals surface area contributed by atoms with Gasteiger partial charge in [-0.05, 0) is 18.6 Å². The summed E-state index contributed by atoms with van der Waals surface area (Å²) in [4.78, 5) is 34.5. The van der Waals surface area contributed by atoms with E-state index in [9.17, 15) is 19.7 Å². The molecule has 0 saturated carbocycles. The number of benzene rings is 1. The van der Waals surface area contributed by atoms with E-state index >= 15 is 0 Å². The highest BCUT2D eigenvalue weighted by Gasteiger charge is 2.16. The SMILES string of the molecule is CCCCn1nc(C(=O)Nc2cc([N+](=O)[O-])ccc2OC)ccc1=O. The van der Waals surface area contributed by atoms with Crippen molar-refractivity contribution in [1.29, 1.82) is 0 Å². The lowest BCUT2D eigenvalue weighted by atomic mass is 10.2. The number of nitro groups is 1. The van der Waals surface area contributed by atoms with Crippen molar-refractivity contribution in [1.82, 2.24) is 9.78 Å². The number of hydrogen-bond acceptors (Lipinski definition) is 6. The number of unbranched alkanes of at least 4 members (excludes halogenated alkanes) is 1. The van der Waals surface area contributed by atoms with Gasteiger partial charge in [0.25, 0.3) is 17.2 Å². The molecule has 0 aliphatic heterocycles. The Morgan fingerprint density at radius 3 is 2.76 bits per heavy atom. The van der Waals surface area contributed by atoms with E-state index in [1.54, 1.807) is 0 Å². The van der Waals surface area contributed by atoms with Crippen LogP contribution in [0.25, 0.3) is 0 Å². The molecule has 0 fully saturated rings. The number of carbonyl (C=O) groups is 1. The molecule has 0 saturated heterocycles. The lowest BCUT2D eigenvalue weighted by Gasteiger charge is -2.10. The number of nitrogens with one attached hydrogen (secondary N) is 1. The Balaban J connectivity index is 2.29. The van der Waals surface area contributed by atoms with Gasteiger partial charge < -0.3 is 10.1 Å². The van der Waals surface area contributed by atoms with Gasteiger partial charge >= 0.3 is 0 Å². The van der Waals surface area contributed by atoms with Crippen molar-refractivity contribution in [2.24, 2.45) is 0 Å². The first-order chi connectivity index (χ1) is 12.0. The van der Waals surface area contributed by atoms with Crippen molar-refractivity contribution in [3.05, 3.63) is 56.5 Å². The van der Waals surface area contributed by atoms with Gasteiger partial charge in [0.1, 0.15) is 11.4 Å². The summed E-state index contributed by atoms with van der Waals surface area (Å²) >= 11 is 0.